The van der Waals surface area contributed by atoms with Crippen LogP contribution < -0.4 is 5.32 Å². The van der Waals surface area contributed by atoms with Crippen molar-refractivity contribution in [3.8, 4) is 0 Å². The molecule has 0 saturated carbocycles. The molecule has 0 aliphatic heterocycles. The number of nitrogens with one attached hydrogen (secondary N) is 1. The quantitative estimate of drug-likeness (QED) is 0.905. The molecule has 2 rings (SSSR count). The summed E-state index contributed by atoms with van der Waals surface area (Å²) in [5.41, 5.74) is 0. The summed E-state index contributed by atoms with van der Waals surface area (Å²) < 4.78 is 5.54. The second kappa shape index (κ2) is 5.84. The molecule has 1 atom stereocenters. The average molecular weight is 279 g/mol. The first-order chi connectivity index (χ1) is 9.06. The zero-order valence-corrected chi connectivity index (χ0v) is 13.0. The minimum Gasteiger partial charge on any atom is -0.373 e. The van der Waals surface area contributed by atoms with E-state index in [0.29, 0.717) is 5.92 Å². The van der Waals surface area contributed by atoms with Gasteiger partial charge in [-0.1, -0.05) is 13.8 Å². The van der Waals surface area contributed by atoms with Crippen LogP contribution in [0.1, 0.15) is 37.6 Å². The molecule has 0 bridgehead atoms. The van der Waals surface area contributed by atoms with E-state index < -0.39 is 0 Å². The SMILES string of the molecule is CCNc1nc(C(OC)C(C)C)nc2sc(C)cc12. The molecule has 0 aromatic carbocycles. The van der Waals surface area contributed by atoms with Crippen molar-refractivity contribution in [2.75, 3.05) is 19.0 Å². The average Bonchev–Trinajstić information content (AvgIpc) is 2.70. The Kier molecular flexibility index (Phi) is 4.37. The van der Waals surface area contributed by atoms with E-state index in [2.05, 4.69) is 49.0 Å². The number of hydrogen-bond acceptors (Lipinski definition) is 5. The second-order valence-corrected chi connectivity index (χ2v) is 6.17. The van der Waals surface area contributed by atoms with Gasteiger partial charge in [0.1, 0.15) is 16.8 Å². The first-order valence-electron chi connectivity index (χ1n) is 6.61. The van der Waals surface area contributed by atoms with Crippen molar-refractivity contribution < 1.29 is 4.74 Å². The van der Waals surface area contributed by atoms with Gasteiger partial charge in [0.25, 0.3) is 0 Å². The molecule has 5 heteroatoms. The lowest BCUT2D eigenvalue weighted by molar-refractivity contribution is 0.0579. The molecule has 0 spiro atoms. The molecule has 2 aromatic heterocycles. The highest BCUT2D eigenvalue weighted by atomic mass is 32.1. The van der Waals surface area contributed by atoms with Gasteiger partial charge in [-0.05, 0) is 25.8 Å². The topological polar surface area (TPSA) is 47.0 Å². The number of methoxy groups -OCH3 is 1. The molecule has 0 radical (unpaired) electrons. The third-order valence-electron chi connectivity index (χ3n) is 2.99. The molecule has 19 heavy (non-hydrogen) atoms. The van der Waals surface area contributed by atoms with E-state index in [9.17, 15) is 0 Å². The largest absolute Gasteiger partial charge is 0.373 e. The van der Waals surface area contributed by atoms with E-state index >= 15 is 0 Å². The van der Waals surface area contributed by atoms with Gasteiger partial charge < -0.3 is 10.1 Å². The van der Waals surface area contributed by atoms with Crippen molar-refractivity contribution >= 4 is 27.4 Å². The maximum atomic E-state index is 5.54. The second-order valence-electron chi connectivity index (χ2n) is 4.94. The van der Waals surface area contributed by atoms with Gasteiger partial charge in [-0.3, -0.25) is 0 Å². The first kappa shape index (κ1) is 14.2. The van der Waals surface area contributed by atoms with Crippen molar-refractivity contribution in [3.05, 3.63) is 16.8 Å². The standard InChI is InChI=1S/C14H21N3OS/c1-6-15-12-10-7-9(4)19-14(10)17-13(16-12)11(18-5)8(2)3/h7-8,11H,6H2,1-5H3,(H,15,16,17). The molecule has 2 aromatic rings. The van der Waals surface area contributed by atoms with Gasteiger partial charge in [0.15, 0.2) is 5.82 Å². The van der Waals surface area contributed by atoms with E-state index in [0.717, 1.165) is 28.4 Å². The maximum Gasteiger partial charge on any atom is 0.161 e. The Hall–Kier alpha value is -1.20. The fourth-order valence-corrected chi connectivity index (χ4v) is 3.05. The van der Waals surface area contributed by atoms with Gasteiger partial charge in [-0.2, -0.15) is 0 Å². The Morgan fingerprint density at radius 3 is 2.68 bits per heavy atom. The van der Waals surface area contributed by atoms with Crippen LogP contribution in [0.4, 0.5) is 5.82 Å². The van der Waals surface area contributed by atoms with E-state index in [4.69, 9.17) is 4.74 Å². The lowest BCUT2D eigenvalue weighted by atomic mass is 10.1. The van der Waals surface area contributed by atoms with E-state index in [1.54, 1.807) is 18.4 Å². The Balaban J connectivity index is 2.56. The number of thiophene rings is 1. The zero-order valence-electron chi connectivity index (χ0n) is 12.2. The number of fused-ring (bicyclic) bond motifs is 1. The van der Waals surface area contributed by atoms with Gasteiger partial charge in [0, 0.05) is 18.5 Å². The lowest BCUT2D eigenvalue weighted by Crippen LogP contribution is -2.14. The summed E-state index contributed by atoms with van der Waals surface area (Å²) in [4.78, 5) is 11.6. The molecule has 0 fully saturated rings. The summed E-state index contributed by atoms with van der Waals surface area (Å²) in [6.07, 6.45) is -0.0655. The Bertz CT molecular complexity index is 565. The number of anilines is 1. The van der Waals surface area contributed by atoms with Crippen LogP contribution in [-0.2, 0) is 4.74 Å². The predicted octanol–water partition coefficient (Wildman–Crippen LogP) is 3.78. The Morgan fingerprint density at radius 1 is 1.37 bits per heavy atom. The van der Waals surface area contributed by atoms with Crippen LogP contribution in [0.3, 0.4) is 0 Å². The molecule has 0 aliphatic rings. The summed E-state index contributed by atoms with van der Waals surface area (Å²) >= 11 is 1.70. The van der Waals surface area contributed by atoms with E-state index in [1.807, 2.05) is 0 Å². The van der Waals surface area contributed by atoms with Crippen LogP contribution in [0.25, 0.3) is 10.2 Å². The number of nitrogens with zero attached hydrogens (tertiary/aromatic N) is 2. The molecule has 1 unspecified atom stereocenters. The maximum absolute atomic E-state index is 5.54. The molecule has 2 heterocycles. The molecule has 4 nitrogen and oxygen atoms in total. The summed E-state index contributed by atoms with van der Waals surface area (Å²) in [6, 6.07) is 2.14. The van der Waals surface area contributed by atoms with Crippen LogP contribution >= 0.6 is 11.3 Å². The van der Waals surface area contributed by atoms with Crippen LogP contribution in [-0.4, -0.2) is 23.6 Å². The predicted molar refractivity (Wildman–Crippen MR) is 80.9 cm³/mol. The van der Waals surface area contributed by atoms with Crippen molar-refractivity contribution in [3.63, 3.8) is 0 Å². The van der Waals surface area contributed by atoms with Crippen molar-refractivity contribution in [2.24, 2.45) is 5.92 Å². The summed E-state index contributed by atoms with van der Waals surface area (Å²) in [5.74, 6) is 2.02. The highest BCUT2D eigenvalue weighted by molar-refractivity contribution is 7.18. The number of aryl methyl sites for hydroxylation is 1. The van der Waals surface area contributed by atoms with Crippen molar-refractivity contribution in [1.82, 2.24) is 9.97 Å². The molecular formula is C14H21N3OS. The Labute approximate surface area is 118 Å². The summed E-state index contributed by atoms with van der Waals surface area (Å²) in [6.45, 7) is 9.25. The smallest absolute Gasteiger partial charge is 0.161 e. The molecule has 0 saturated heterocycles. The summed E-state index contributed by atoms with van der Waals surface area (Å²) in [7, 11) is 1.71. The van der Waals surface area contributed by atoms with Crippen LogP contribution in [0.5, 0.6) is 0 Å². The number of rotatable bonds is 5. The first-order valence-corrected chi connectivity index (χ1v) is 7.43. The number of aromatic nitrogens is 2. The van der Waals surface area contributed by atoms with Gasteiger partial charge >= 0.3 is 0 Å². The Morgan fingerprint density at radius 2 is 2.11 bits per heavy atom. The minimum atomic E-state index is -0.0655. The normalized spacial score (nSPS) is 13.2. The molecule has 0 amide bonds. The highest BCUT2D eigenvalue weighted by Gasteiger charge is 2.20. The molecule has 104 valence electrons. The molecule has 0 aliphatic carbocycles. The summed E-state index contributed by atoms with van der Waals surface area (Å²) in [5, 5.41) is 4.43. The minimum absolute atomic E-state index is 0.0655. The van der Waals surface area contributed by atoms with Gasteiger partial charge in [-0.25, -0.2) is 9.97 Å². The highest BCUT2D eigenvalue weighted by Crippen LogP contribution is 2.31. The third kappa shape index (κ3) is 2.87. The van der Waals surface area contributed by atoms with Crippen LogP contribution in [0.2, 0.25) is 0 Å². The van der Waals surface area contributed by atoms with Gasteiger partial charge in [-0.15, -0.1) is 11.3 Å². The molecular weight excluding hydrogens is 258 g/mol. The van der Waals surface area contributed by atoms with Gasteiger partial charge in [0.2, 0.25) is 0 Å². The third-order valence-corrected chi connectivity index (χ3v) is 3.94. The number of hydrogen-bond donors (Lipinski definition) is 1. The van der Waals surface area contributed by atoms with E-state index in [-0.39, 0.29) is 6.10 Å². The van der Waals surface area contributed by atoms with E-state index in [1.165, 1.54) is 4.88 Å². The van der Waals surface area contributed by atoms with Crippen LogP contribution in [0.15, 0.2) is 6.07 Å². The monoisotopic (exact) mass is 279 g/mol. The van der Waals surface area contributed by atoms with Crippen molar-refractivity contribution in [1.29, 1.82) is 0 Å². The fraction of sp³-hybridized carbons (Fsp3) is 0.571. The van der Waals surface area contributed by atoms with Crippen molar-refractivity contribution in [2.45, 2.75) is 33.8 Å². The molecule has 1 N–H and O–H groups in total. The van der Waals surface area contributed by atoms with Crippen LogP contribution in [0, 0.1) is 12.8 Å². The zero-order chi connectivity index (χ0) is 14.0. The number of ether oxygens (including phenoxy) is 1. The van der Waals surface area contributed by atoms with Gasteiger partial charge in [0.05, 0.1) is 5.39 Å². The fourth-order valence-electron chi connectivity index (χ4n) is 2.16. The lowest BCUT2D eigenvalue weighted by Gasteiger charge is -2.18.